The second-order valence-corrected chi connectivity index (χ2v) is 5.94. The van der Waals surface area contributed by atoms with Gasteiger partial charge in [0, 0.05) is 24.3 Å². The first-order chi connectivity index (χ1) is 10.7. The number of rotatable bonds is 3. The fourth-order valence-electron chi connectivity index (χ4n) is 2.77. The highest BCUT2D eigenvalue weighted by Crippen LogP contribution is 2.30. The third kappa shape index (κ3) is 3.42. The van der Waals surface area contributed by atoms with E-state index in [1.54, 1.807) is 12.1 Å². The molecule has 0 spiro atoms. The van der Waals surface area contributed by atoms with Crippen molar-refractivity contribution in [3.8, 4) is 0 Å². The number of carbonyl (C=O) groups is 1. The Hall–Kier alpha value is -2.00. The van der Waals surface area contributed by atoms with Crippen molar-refractivity contribution >= 4 is 28.9 Å². The predicted octanol–water partition coefficient (Wildman–Crippen LogP) is 4.58. The number of nitrogens with one attached hydrogen (secondary N) is 1. The normalized spacial score (nSPS) is 14.7. The van der Waals surface area contributed by atoms with E-state index in [9.17, 15) is 4.79 Å². The zero-order valence-corrected chi connectivity index (χ0v) is 13.1. The van der Waals surface area contributed by atoms with E-state index in [4.69, 9.17) is 11.6 Å². The highest BCUT2D eigenvalue weighted by Gasteiger charge is 2.14. The lowest BCUT2D eigenvalue weighted by Gasteiger charge is -2.29. The van der Waals surface area contributed by atoms with Crippen LogP contribution < -0.4 is 10.2 Å². The Morgan fingerprint density at radius 1 is 1.00 bits per heavy atom. The van der Waals surface area contributed by atoms with Gasteiger partial charge in [-0.05, 0) is 49.6 Å². The monoisotopic (exact) mass is 314 g/mol. The number of nitrogens with zero attached hydrogens (tertiary/aromatic N) is 1. The molecule has 2 aromatic rings. The minimum Gasteiger partial charge on any atom is -0.370 e. The summed E-state index contributed by atoms with van der Waals surface area (Å²) in [5.74, 6) is -0.123. The van der Waals surface area contributed by atoms with Gasteiger partial charge >= 0.3 is 0 Å². The highest BCUT2D eigenvalue weighted by atomic mass is 35.5. The Labute approximate surface area is 135 Å². The summed E-state index contributed by atoms with van der Waals surface area (Å²) in [5.41, 5.74) is 2.41. The van der Waals surface area contributed by atoms with Crippen LogP contribution in [0.3, 0.4) is 0 Å². The van der Waals surface area contributed by atoms with E-state index >= 15 is 0 Å². The summed E-state index contributed by atoms with van der Waals surface area (Å²) in [6.07, 6.45) is 3.71. The molecule has 0 aromatic heterocycles. The van der Waals surface area contributed by atoms with E-state index in [0.29, 0.717) is 10.6 Å². The molecule has 1 heterocycles. The Morgan fingerprint density at radius 3 is 2.41 bits per heavy atom. The standard InChI is InChI=1S/C18H19ClN2O/c19-16-13-15(20-18(22)14-7-3-1-4-8-14)9-10-17(16)21-11-5-2-6-12-21/h1,3-4,7-10,13H,2,5-6,11-12H2,(H,20,22). The fourth-order valence-corrected chi connectivity index (χ4v) is 3.07. The molecule has 0 radical (unpaired) electrons. The first kappa shape index (κ1) is 14.9. The lowest BCUT2D eigenvalue weighted by atomic mass is 10.1. The van der Waals surface area contributed by atoms with Crippen LogP contribution in [0.25, 0.3) is 0 Å². The Morgan fingerprint density at radius 2 is 1.73 bits per heavy atom. The maximum atomic E-state index is 12.1. The van der Waals surface area contributed by atoms with Crippen LogP contribution in [0.15, 0.2) is 48.5 Å². The first-order valence-corrected chi connectivity index (χ1v) is 8.03. The molecule has 114 valence electrons. The molecule has 1 N–H and O–H groups in total. The number of anilines is 2. The molecule has 22 heavy (non-hydrogen) atoms. The Balaban J connectivity index is 1.73. The molecular weight excluding hydrogens is 296 g/mol. The summed E-state index contributed by atoms with van der Waals surface area (Å²) in [5, 5.41) is 3.58. The van der Waals surface area contributed by atoms with E-state index in [2.05, 4.69) is 10.2 Å². The van der Waals surface area contributed by atoms with Crippen molar-refractivity contribution in [1.29, 1.82) is 0 Å². The summed E-state index contributed by atoms with van der Waals surface area (Å²) in [6.45, 7) is 2.10. The van der Waals surface area contributed by atoms with Gasteiger partial charge in [0.25, 0.3) is 5.91 Å². The molecule has 1 aliphatic heterocycles. The van der Waals surface area contributed by atoms with Gasteiger partial charge in [-0.2, -0.15) is 0 Å². The first-order valence-electron chi connectivity index (χ1n) is 7.65. The van der Waals surface area contributed by atoms with Crippen LogP contribution in [0.1, 0.15) is 29.6 Å². The highest BCUT2D eigenvalue weighted by molar-refractivity contribution is 6.33. The third-order valence-corrected chi connectivity index (χ3v) is 4.24. The van der Waals surface area contributed by atoms with Crippen LogP contribution in [0.2, 0.25) is 5.02 Å². The van der Waals surface area contributed by atoms with E-state index in [-0.39, 0.29) is 5.91 Å². The van der Waals surface area contributed by atoms with Gasteiger partial charge in [0.05, 0.1) is 10.7 Å². The molecule has 3 rings (SSSR count). The van der Waals surface area contributed by atoms with Crippen LogP contribution >= 0.6 is 11.6 Å². The number of hydrogen-bond acceptors (Lipinski definition) is 2. The smallest absolute Gasteiger partial charge is 0.255 e. The Bertz CT molecular complexity index is 651. The molecule has 1 aliphatic rings. The van der Waals surface area contributed by atoms with Gasteiger partial charge in [-0.1, -0.05) is 29.8 Å². The molecule has 4 heteroatoms. The minimum absolute atomic E-state index is 0.123. The average molecular weight is 315 g/mol. The van der Waals surface area contributed by atoms with Crippen LogP contribution in [-0.2, 0) is 0 Å². The Kier molecular flexibility index (Phi) is 4.64. The quantitative estimate of drug-likeness (QED) is 0.899. The SMILES string of the molecule is O=C(Nc1ccc(N2CCCCC2)c(Cl)c1)c1ccccc1. The molecule has 1 saturated heterocycles. The van der Waals surface area contributed by atoms with Crippen molar-refractivity contribution in [3.05, 3.63) is 59.1 Å². The van der Waals surface area contributed by atoms with E-state index in [1.807, 2.05) is 36.4 Å². The van der Waals surface area contributed by atoms with Crippen molar-refractivity contribution in [1.82, 2.24) is 0 Å². The topological polar surface area (TPSA) is 32.3 Å². The lowest BCUT2D eigenvalue weighted by molar-refractivity contribution is 0.102. The van der Waals surface area contributed by atoms with Crippen molar-refractivity contribution in [2.24, 2.45) is 0 Å². The van der Waals surface area contributed by atoms with Crippen LogP contribution in [-0.4, -0.2) is 19.0 Å². The van der Waals surface area contributed by atoms with Crippen molar-refractivity contribution in [3.63, 3.8) is 0 Å². The van der Waals surface area contributed by atoms with Gasteiger partial charge in [-0.25, -0.2) is 0 Å². The zero-order valence-electron chi connectivity index (χ0n) is 12.4. The van der Waals surface area contributed by atoms with E-state index in [0.717, 1.165) is 24.5 Å². The number of benzene rings is 2. The van der Waals surface area contributed by atoms with Crippen molar-refractivity contribution in [2.75, 3.05) is 23.3 Å². The number of carbonyl (C=O) groups excluding carboxylic acids is 1. The number of amides is 1. The summed E-state index contributed by atoms with van der Waals surface area (Å²) in [4.78, 5) is 14.5. The number of piperidine rings is 1. The molecule has 0 aliphatic carbocycles. The molecule has 1 fully saturated rings. The maximum Gasteiger partial charge on any atom is 0.255 e. The summed E-state index contributed by atoms with van der Waals surface area (Å²) < 4.78 is 0. The zero-order chi connectivity index (χ0) is 15.4. The summed E-state index contributed by atoms with van der Waals surface area (Å²) >= 11 is 6.40. The lowest BCUT2D eigenvalue weighted by Crippen LogP contribution is -2.29. The molecule has 1 amide bonds. The maximum absolute atomic E-state index is 12.1. The van der Waals surface area contributed by atoms with E-state index < -0.39 is 0 Å². The van der Waals surface area contributed by atoms with Gasteiger partial charge in [0.2, 0.25) is 0 Å². The molecule has 0 unspecified atom stereocenters. The van der Waals surface area contributed by atoms with Gasteiger partial charge in [-0.3, -0.25) is 4.79 Å². The molecule has 0 bridgehead atoms. The predicted molar refractivity (Wildman–Crippen MR) is 91.9 cm³/mol. The van der Waals surface area contributed by atoms with E-state index in [1.165, 1.54) is 19.3 Å². The van der Waals surface area contributed by atoms with Crippen molar-refractivity contribution in [2.45, 2.75) is 19.3 Å². The average Bonchev–Trinajstić information content (AvgIpc) is 2.56. The summed E-state index contributed by atoms with van der Waals surface area (Å²) in [7, 11) is 0. The van der Waals surface area contributed by atoms with Gasteiger partial charge in [0.1, 0.15) is 0 Å². The molecule has 0 atom stereocenters. The second kappa shape index (κ2) is 6.84. The fraction of sp³-hybridized carbons (Fsp3) is 0.278. The third-order valence-electron chi connectivity index (χ3n) is 3.94. The van der Waals surface area contributed by atoms with Gasteiger partial charge < -0.3 is 10.2 Å². The molecule has 0 saturated carbocycles. The molecule has 2 aromatic carbocycles. The van der Waals surface area contributed by atoms with Crippen LogP contribution in [0.4, 0.5) is 11.4 Å². The van der Waals surface area contributed by atoms with Crippen LogP contribution in [0.5, 0.6) is 0 Å². The second-order valence-electron chi connectivity index (χ2n) is 5.53. The number of hydrogen-bond donors (Lipinski definition) is 1. The van der Waals surface area contributed by atoms with Gasteiger partial charge in [-0.15, -0.1) is 0 Å². The molecular formula is C18H19ClN2O. The minimum atomic E-state index is -0.123. The molecule has 3 nitrogen and oxygen atoms in total. The number of halogens is 1. The van der Waals surface area contributed by atoms with Crippen LogP contribution in [0, 0.1) is 0 Å². The van der Waals surface area contributed by atoms with Gasteiger partial charge in [0.15, 0.2) is 0 Å². The van der Waals surface area contributed by atoms with Crippen molar-refractivity contribution < 1.29 is 4.79 Å². The summed E-state index contributed by atoms with van der Waals surface area (Å²) in [6, 6.07) is 14.9. The largest absolute Gasteiger partial charge is 0.370 e.